The van der Waals surface area contributed by atoms with Crippen LogP contribution in [0.15, 0.2) is 66.7 Å². The molecule has 0 fully saturated rings. The van der Waals surface area contributed by atoms with Crippen molar-refractivity contribution < 1.29 is 18.1 Å². The van der Waals surface area contributed by atoms with Crippen LogP contribution in [0.4, 0.5) is 0 Å². The third-order valence-electron chi connectivity index (χ3n) is 4.04. The predicted molar refractivity (Wildman–Crippen MR) is 108 cm³/mol. The Labute approximate surface area is 160 Å². The Morgan fingerprint density at radius 3 is 1.56 bits per heavy atom. The van der Waals surface area contributed by atoms with Crippen molar-refractivity contribution in [3.05, 3.63) is 89.0 Å². The summed E-state index contributed by atoms with van der Waals surface area (Å²) in [6.07, 6.45) is 0. The topological polar surface area (TPSA) is 44.8 Å². The van der Waals surface area contributed by atoms with Gasteiger partial charge in [0.15, 0.2) is 0 Å². The zero-order valence-corrected chi connectivity index (χ0v) is 16.8. The third-order valence-corrected chi connectivity index (χ3v) is 5.32. The fourth-order valence-corrected chi connectivity index (χ4v) is 4.09. The lowest BCUT2D eigenvalue weighted by molar-refractivity contribution is 0.297. The highest BCUT2D eigenvalue weighted by atomic mass is 31.2. The quantitative estimate of drug-likeness (QED) is 0.453. The standard InChI is InChI=1S/C22H23O4P/c1-16-10-12-21(18(3)14-16)25-27(23,24-20-8-6-5-7-9-20)26-22-13-11-17(2)15-19(22)4/h5-15H,1-4H3. The Bertz CT molecular complexity index is 925. The molecule has 3 aromatic rings. The van der Waals surface area contributed by atoms with E-state index in [1.807, 2.05) is 58.0 Å². The van der Waals surface area contributed by atoms with E-state index < -0.39 is 7.82 Å². The number of hydrogen-bond acceptors (Lipinski definition) is 4. The third kappa shape index (κ3) is 4.93. The van der Waals surface area contributed by atoms with Gasteiger partial charge in [-0.15, -0.1) is 0 Å². The average Bonchev–Trinajstić information content (AvgIpc) is 2.61. The van der Waals surface area contributed by atoms with Crippen molar-refractivity contribution in [3.8, 4) is 17.2 Å². The largest absolute Gasteiger partial charge is 0.647 e. The number of phosphoric ester groups is 1. The molecule has 0 bridgehead atoms. The summed E-state index contributed by atoms with van der Waals surface area (Å²) in [6.45, 7) is 7.77. The summed E-state index contributed by atoms with van der Waals surface area (Å²) >= 11 is 0. The van der Waals surface area contributed by atoms with Crippen LogP contribution in [-0.4, -0.2) is 0 Å². The molecule has 0 N–H and O–H groups in total. The lowest BCUT2D eigenvalue weighted by atomic mass is 10.1. The van der Waals surface area contributed by atoms with Crippen LogP contribution < -0.4 is 13.6 Å². The van der Waals surface area contributed by atoms with Gasteiger partial charge in [0, 0.05) is 0 Å². The first kappa shape index (κ1) is 19.1. The minimum Gasteiger partial charge on any atom is -0.386 e. The molecule has 0 aliphatic heterocycles. The highest BCUT2D eigenvalue weighted by molar-refractivity contribution is 7.49. The van der Waals surface area contributed by atoms with Crippen LogP contribution >= 0.6 is 7.82 Å². The molecule has 0 aliphatic carbocycles. The lowest BCUT2D eigenvalue weighted by Gasteiger charge is -2.21. The van der Waals surface area contributed by atoms with Crippen LogP contribution in [0.3, 0.4) is 0 Å². The van der Waals surface area contributed by atoms with Gasteiger partial charge in [0.25, 0.3) is 0 Å². The average molecular weight is 382 g/mol. The maximum Gasteiger partial charge on any atom is 0.647 e. The maximum absolute atomic E-state index is 13.5. The number of rotatable bonds is 6. The molecule has 5 heteroatoms. The van der Waals surface area contributed by atoms with Crippen molar-refractivity contribution >= 4 is 7.82 Å². The zero-order valence-electron chi connectivity index (χ0n) is 15.9. The SMILES string of the molecule is Cc1ccc(OP(=O)(Oc2ccccc2)Oc2ccc(C)cc2C)c(C)c1. The van der Waals surface area contributed by atoms with E-state index in [1.165, 1.54) is 0 Å². The van der Waals surface area contributed by atoms with E-state index in [1.54, 1.807) is 36.4 Å². The molecular weight excluding hydrogens is 359 g/mol. The minimum atomic E-state index is -3.97. The fraction of sp³-hybridized carbons (Fsp3) is 0.182. The molecule has 27 heavy (non-hydrogen) atoms. The Morgan fingerprint density at radius 1 is 0.630 bits per heavy atom. The van der Waals surface area contributed by atoms with Crippen LogP contribution in [0, 0.1) is 27.7 Å². The molecule has 0 atom stereocenters. The number of para-hydroxylation sites is 1. The van der Waals surface area contributed by atoms with E-state index in [2.05, 4.69) is 0 Å². The number of benzene rings is 3. The van der Waals surface area contributed by atoms with Crippen molar-refractivity contribution in [2.45, 2.75) is 27.7 Å². The smallest absolute Gasteiger partial charge is 0.386 e. The van der Waals surface area contributed by atoms with Crippen molar-refractivity contribution in [2.75, 3.05) is 0 Å². The maximum atomic E-state index is 13.5. The number of aryl methyl sites for hydroxylation is 4. The van der Waals surface area contributed by atoms with Gasteiger partial charge in [0.2, 0.25) is 0 Å². The van der Waals surface area contributed by atoms with Crippen LogP contribution in [-0.2, 0) is 4.57 Å². The summed E-state index contributed by atoms with van der Waals surface area (Å²) < 4.78 is 30.8. The van der Waals surface area contributed by atoms with Gasteiger partial charge in [-0.25, -0.2) is 0 Å². The molecule has 0 radical (unpaired) electrons. The number of hydrogen-bond donors (Lipinski definition) is 0. The molecule has 140 valence electrons. The molecule has 0 saturated heterocycles. The summed E-state index contributed by atoms with van der Waals surface area (Å²) in [5.41, 5.74) is 3.90. The molecule has 0 saturated carbocycles. The van der Waals surface area contributed by atoms with E-state index >= 15 is 0 Å². The van der Waals surface area contributed by atoms with Crippen LogP contribution in [0.2, 0.25) is 0 Å². The predicted octanol–water partition coefficient (Wildman–Crippen LogP) is 6.57. The first-order chi connectivity index (χ1) is 12.8. The molecule has 0 amide bonds. The van der Waals surface area contributed by atoms with Crippen LogP contribution in [0.1, 0.15) is 22.3 Å². The van der Waals surface area contributed by atoms with Gasteiger partial charge in [-0.1, -0.05) is 53.6 Å². The van der Waals surface area contributed by atoms with Gasteiger partial charge >= 0.3 is 7.82 Å². The van der Waals surface area contributed by atoms with Gasteiger partial charge in [-0.2, -0.15) is 4.57 Å². The van der Waals surface area contributed by atoms with Gasteiger partial charge in [-0.05, 0) is 63.1 Å². The van der Waals surface area contributed by atoms with Gasteiger partial charge < -0.3 is 13.6 Å². The first-order valence-corrected chi connectivity index (χ1v) is 10.2. The highest BCUT2D eigenvalue weighted by Gasteiger charge is 2.34. The molecule has 3 aromatic carbocycles. The van der Waals surface area contributed by atoms with Crippen LogP contribution in [0.5, 0.6) is 17.2 Å². The molecule has 3 rings (SSSR count). The second-order valence-corrected chi connectivity index (χ2v) is 8.01. The summed E-state index contributed by atoms with van der Waals surface area (Å²) in [6, 6.07) is 20.1. The van der Waals surface area contributed by atoms with Crippen molar-refractivity contribution in [1.29, 1.82) is 0 Å². The second-order valence-electron chi connectivity index (χ2n) is 6.57. The van der Waals surface area contributed by atoms with Crippen LogP contribution in [0.25, 0.3) is 0 Å². The fourth-order valence-electron chi connectivity index (χ4n) is 2.71. The molecule has 0 aliphatic rings. The second kappa shape index (κ2) is 7.89. The summed E-state index contributed by atoms with van der Waals surface area (Å²) in [4.78, 5) is 0. The van der Waals surface area contributed by atoms with Gasteiger partial charge in [-0.3, -0.25) is 0 Å². The van der Waals surface area contributed by atoms with E-state index in [9.17, 15) is 4.57 Å². The van der Waals surface area contributed by atoms with Gasteiger partial charge in [0.05, 0.1) is 0 Å². The molecule has 0 heterocycles. The molecular formula is C22H23O4P. The molecule has 0 aromatic heterocycles. The highest BCUT2D eigenvalue weighted by Crippen LogP contribution is 2.51. The zero-order chi connectivity index (χ0) is 19.4. The minimum absolute atomic E-state index is 0.412. The van der Waals surface area contributed by atoms with E-state index in [-0.39, 0.29) is 0 Å². The van der Waals surface area contributed by atoms with E-state index in [0.717, 1.165) is 22.3 Å². The first-order valence-electron chi connectivity index (χ1n) is 8.73. The van der Waals surface area contributed by atoms with Crippen molar-refractivity contribution in [3.63, 3.8) is 0 Å². The van der Waals surface area contributed by atoms with Crippen molar-refractivity contribution in [2.24, 2.45) is 0 Å². The Kier molecular flexibility index (Phi) is 5.57. The Hall–Kier alpha value is -2.71. The molecule has 4 nitrogen and oxygen atoms in total. The van der Waals surface area contributed by atoms with E-state index in [4.69, 9.17) is 13.6 Å². The molecule has 0 unspecified atom stereocenters. The Morgan fingerprint density at radius 2 is 1.11 bits per heavy atom. The number of phosphoric acid groups is 1. The van der Waals surface area contributed by atoms with Crippen molar-refractivity contribution in [1.82, 2.24) is 0 Å². The molecule has 0 spiro atoms. The lowest BCUT2D eigenvalue weighted by Crippen LogP contribution is -2.09. The summed E-state index contributed by atoms with van der Waals surface area (Å²) in [5.74, 6) is 1.34. The normalized spacial score (nSPS) is 11.1. The monoisotopic (exact) mass is 382 g/mol. The summed E-state index contributed by atoms with van der Waals surface area (Å²) in [5, 5.41) is 0. The van der Waals surface area contributed by atoms with Gasteiger partial charge in [0.1, 0.15) is 17.2 Å². The van der Waals surface area contributed by atoms with E-state index in [0.29, 0.717) is 17.2 Å². The Balaban J connectivity index is 1.96. The summed E-state index contributed by atoms with van der Waals surface area (Å²) in [7, 11) is -3.97.